The minimum atomic E-state index is -0.448. The highest BCUT2D eigenvalue weighted by Crippen LogP contribution is 2.13. The van der Waals surface area contributed by atoms with Gasteiger partial charge in [-0.15, -0.1) is 0 Å². The molecule has 0 bridgehead atoms. The van der Waals surface area contributed by atoms with E-state index >= 15 is 0 Å². The summed E-state index contributed by atoms with van der Waals surface area (Å²) in [5.74, 6) is 0. The van der Waals surface area contributed by atoms with Crippen molar-refractivity contribution in [1.82, 2.24) is 9.80 Å². The van der Waals surface area contributed by atoms with E-state index in [2.05, 4.69) is 11.0 Å². The largest absolute Gasteiger partial charge is 0.444 e. The summed E-state index contributed by atoms with van der Waals surface area (Å²) in [6.45, 7) is 9.52. The molecule has 1 aliphatic rings. The first-order valence-electron chi connectivity index (χ1n) is 7.57. The van der Waals surface area contributed by atoms with E-state index in [0.29, 0.717) is 18.7 Å². The molecule has 0 unspecified atom stereocenters. The Balaban J connectivity index is 1.82. The molecule has 0 radical (unpaired) electrons. The molecule has 1 aromatic rings. The monoisotopic (exact) mass is 301 g/mol. The molecule has 5 nitrogen and oxygen atoms in total. The van der Waals surface area contributed by atoms with Crippen molar-refractivity contribution in [3.05, 3.63) is 35.4 Å². The number of ether oxygens (including phenoxy) is 1. The van der Waals surface area contributed by atoms with Crippen LogP contribution >= 0.6 is 0 Å². The summed E-state index contributed by atoms with van der Waals surface area (Å²) >= 11 is 0. The van der Waals surface area contributed by atoms with Crippen molar-refractivity contribution in [1.29, 1.82) is 5.26 Å². The summed E-state index contributed by atoms with van der Waals surface area (Å²) in [6, 6.07) is 9.77. The van der Waals surface area contributed by atoms with Crippen molar-refractivity contribution in [2.45, 2.75) is 32.9 Å². The van der Waals surface area contributed by atoms with E-state index in [1.807, 2.05) is 45.0 Å². The highest BCUT2D eigenvalue weighted by atomic mass is 16.6. The van der Waals surface area contributed by atoms with Gasteiger partial charge in [-0.2, -0.15) is 5.26 Å². The molecule has 0 aliphatic carbocycles. The van der Waals surface area contributed by atoms with Gasteiger partial charge in [0.2, 0.25) is 0 Å². The molecule has 2 rings (SSSR count). The number of carbonyl (C=O) groups excluding carboxylic acids is 1. The molecule has 1 amide bonds. The number of nitriles is 1. The molecule has 0 aromatic heterocycles. The average molecular weight is 301 g/mol. The summed E-state index contributed by atoms with van der Waals surface area (Å²) in [5.41, 5.74) is 1.42. The number of amides is 1. The van der Waals surface area contributed by atoms with E-state index in [1.54, 1.807) is 4.90 Å². The van der Waals surface area contributed by atoms with Gasteiger partial charge in [-0.3, -0.25) is 4.90 Å². The van der Waals surface area contributed by atoms with Gasteiger partial charge in [-0.05, 0) is 38.5 Å². The number of rotatable bonds is 2. The standard InChI is InChI=1S/C17H23N3O2/c1-17(2,3)22-16(21)20-10-8-19(9-11-20)13-15-6-4-14(12-18)5-7-15/h4-7H,8-11,13H2,1-3H3. The Kier molecular flexibility index (Phi) is 5.04. The van der Waals surface area contributed by atoms with Crippen LogP contribution in [0.25, 0.3) is 0 Å². The van der Waals surface area contributed by atoms with Crippen LogP contribution in [-0.4, -0.2) is 47.7 Å². The SMILES string of the molecule is CC(C)(C)OC(=O)N1CCN(Cc2ccc(C#N)cc2)CC1. The van der Waals surface area contributed by atoms with Crippen LogP contribution in [0.2, 0.25) is 0 Å². The average Bonchev–Trinajstić information content (AvgIpc) is 2.47. The zero-order valence-electron chi connectivity index (χ0n) is 13.5. The molecule has 0 spiro atoms. The fraction of sp³-hybridized carbons (Fsp3) is 0.529. The minimum absolute atomic E-state index is 0.231. The number of hydrogen-bond acceptors (Lipinski definition) is 4. The normalized spacial score (nSPS) is 16.2. The first-order valence-corrected chi connectivity index (χ1v) is 7.57. The number of benzene rings is 1. The van der Waals surface area contributed by atoms with Crippen LogP contribution in [0.3, 0.4) is 0 Å². The summed E-state index contributed by atoms with van der Waals surface area (Å²) in [5, 5.41) is 8.80. The van der Waals surface area contributed by atoms with E-state index in [0.717, 1.165) is 19.6 Å². The first-order chi connectivity index (χ1) is 10.4. The van der Waals surface area contributed by atoms with Crippen LogP contribution in [0.5, 0.6) is 0 Å². The zero-order valence-corrected chi connectivity index (χ0v) is 13.5. The summed E-state index contributed by atoms with van der Waals surface area (Å²) < 4.78 is 5.39. The van der Waals surface area contributed by atoms with Gasteiger partial charge in [0.1, 0.15) is 5.60 Å². The molecular formula is C17H23N3O2. The highest BCUT2D eigenvalue weighted by molar-refractivity contribution is 5.68. The third kappa shape index (κ3) is 4.74. The van der Waals surface area contributed by atoms with Crippen LogP contribution in [0, 0.1) is 11.3 Å². The molecule has 1 aromatic carbocycles. The highest BCUT2D eigenvalue weighted by Gasteiger charge is 2.25. The van der Waals surface area contributed by atoms with Crippen molar-refractivity contribution < 1.29 is 9.53 Å². The molecule has 1 aliphatic heterocycles. The number of hydrogen-bond donors (Lipinski definition) is 0. The van der Waals surface area contributed by atoms with Crippen LogP contribution in [-0.2, 0) is 11.3 Å². The fourth-order valence-corrected chi connectivity index (χ4v) is 2.36. The Morgan fingerprint density at radius 2 is 1.77 bits per heavy atom. The fourth-order valence-electron chi connectivity index (χ4n) is 2.36. The second-order valence-corrected chi connectivity index (χ2v) is 6.55. The number of nitrogens with zero attached hydrogens (tertiary/aromatic N) is 3. The Labute approximate surface area is 132 Å². The van der Waals surface area contributed by atoms with Gasteiger partial charge in [0.05, 0.1) is 11.6 Å². The predicted molar refractivity (Wildman–Crippen MR) is 84.2 cm³/mol. The van der Waals surface area contributed by atoms with Crippen LogP contribution in [0.4, 0.5) is 4.79 Å². The van der Waals surface area contributed by atoms with Gasteiger partial charge in [0, 0.05) is 32.7 Å². The Bertz CT molecular complexity index is 547. The van der Waals surface area contributed by atoms with Gasteiger partial charge in [-0.25, -0.2) is 4.79 Å². The number of piperazine rings is 1. The predicted octanol–water partition coefficient (Wildman–Crippen LogP) is 2.61. The maximum absolute atomic E-state index is 12.0. The summed E-state index contributed by atoms with van der Waals surface area (Å²) in [4.78, 5) is 16.1. The second kappa shape index (κ2) is 6.80. The lowest BCUT2D eigenvalue weighted by molar-refractivity contribution is 0.0139. The quantitative estimate of drug-likeness (QED) is 0.842. The van der Waals surface area contributed by atoms with Crippen molar-refractivity contribution in [2.24, 2.45) is 0 Å². The molecule has 0 saturated carbocycles. The van der Waals surface area contributed by atoms with Crippen LogP contribution in [0.1, 0.15) is 31.9 Å². The molecular weight excluding hydrogens is 278 g/mol. The molecule has 0 atom stereocenters. The first kappa shape index (κ1) is 16.3. The minimum Gasteiger partial charge on any atom is -0.444 e. The van der Waals surface area contributed by atoms with Crippen molar-refractivity contribution in [3.63, 3.8) is 0 Å². The van der Waals surface area contributed by atoms with Gasteiger partial charge < -0.3 is 9.64 Å². The third-order valence-corrected chi connectivity index (χ3v) is 3.51. The second-order valence-electron chi connectivity index (χ2n) is 6.55. The lowest BCUT2D eigenvalue weighted by Crippen LogP contribution is -2.49. The lowest BCUT2D eigenvalue weighted by atomic mass is 10.1. The Morgan fingerprint density at radius 3 is 2.27 bits per heavy atom. The van der Waals surface area contributed by atoms with E-state index in [4.69, 9.17) is 10.00 Å². The maximum atomic E-state index is 12.0. The van der Waals surface area contributed by atoms with Gasteiger partial charge >= 0.3 is 6.09 Å². The van der Waals surface area contributed by atoms with Crippen molar-refractivity contribution in [2.75, 3.05) is 26.2 Å². The van der Waals surface area contributed by atoms with E-state index in [9.17, 15) is 4.79 Å². The summed E-state index contributed by atoms with van der Waals surface area (Å²) in [6.07, 6.45) is -0.231. The molecule has 22 heavy (non-hydrogen) atoms. The third-order valence-electron chi connectivity index (χ3n) is 3.51. The topological polar surface area (TPSA) is 56.6 Å². The smallest absolute Gasteiger partial charge is 0.410 e. The Morgan fingerprint density at radius 1 is 1.18 bits per heavy atom. The lowest BCUT2D eigenvalue weighted by Gasteiger charge is -2.35. The molecule has 0 N–H and O–H groups in total. The molecule has 1 saturated heterocycles. The molecule has 1 heterocycles. The van der Waals surface area contributed by atoms with E-state index in [-0.39, 0.29) is 6.09 Å². The number of carbonyl (C=O) groups is 1. The van der Waals surface area contributed by atoms with Gasteiger partial charge in [0.15, 0.2) is 0 Å². The van der Waals surface area contributed by atoms with Crippen LogP contribution < -0.4 is 0 Å². The zero-order chi connectivity index (χ0) is 16.2. The van der Waals surface area contributed by atoms with Crippen molar-refractivity contribution >= 4 is 6.09 Å². The summed E-state index contributed by atoms with van der Waals surface area (Å²) in [7, 11) is 0. The molecule has 118 valence electrons. The maximum Gasteiger partial charge on any atom is 0.410 e. The van der Waals surface area contributed by atoms with E-state index < -0.39 is 5.60 Å². The van der Waals surface area contributed by atoms with E-state index in [1.165, 1.54) is 5.56 Å². The van der Waals surface area contributed by atoms with Gasteiger partial charge in [-0.1, -0.05) is 12.1 Å². The molecule has 1 fully saturated rings. The molecule has 5 heteroatoms. The van der Waals surface area contributed by atoms with Gasteiger partial charge in [0.25, 0.3) is 0 Å². The Hall–Kier alpha value is -2.06. The van der Waals surface area contributed by atoms with Crippen molar-refractivity contribution in [3.8, 4) is 6.07 Å². The van der Waals surface area contributed by atoms with Crippen LogP contribution in [0.15, 0.2) is 24.3 Å².